The van der Waals surface area contributed by atoms with Gasteiger partial charge in [0.15, 0.2) is 0 Å². The highest BCUT2D eigenvalue weighted by molar-refractivity contribution is 6.39. The number of rotatable bonds is 8. The second-order valence-electron chi connectivity index (χ2n) is 6.71. The third-order valence-corrected chi connectivity index (χ3v) is 4.65. The normalized spacial score (nSPS) is 10.5. The molecule has 0 saturated carbocycles. The van der Waals surface area contributed by atoms with Crippen LogP contribution in [0.1, 0.15) is 11.1 Å². The first-order valence-corrected chi connectivity index (χ1v) is 10.2. The van der Waals surface area contributed by atoms with Crippen molar-refractivity contribution in [3.63, 3.8) is 0 Å². The van der Waals surface area contributed by atoms with E-state index in [1.54, 1.807) is 48.5 Å². The van der Waals surface area contributed by atoms with Crippen molar-refractivity contribution < 1.29 is 23.8 Å². The Kier molecular flexibility index (Phi) is 8.26. The molecular formula is C24H22ClN3O5. The van der Waals surface area contributed by atoms with E-state index in [1.165, 1.54) is 20.4 Å². The Morgan fingerprint density at radius 1 is 0.939 bits per heavy atom. The molecule has 0 aromatic heterocycles. The third kappa shape index (κ3) is 6.98. The molecule has 0 aliphatic rings. The maximum atomic E-state index is 12.1. The lowest BCUT2D eigenvalue weighted by Crippen LogP contribution is -2.32. The zero-order valence-electron chi connectivity index (χ0n) is 18.0. The van der Waals surface area contributed by atoms with Crippen LogP contribution in [0.3, 0.4) is 0 Å². The number of anilines is 1. The molecule has 0 radical (unpaired) electrons. The molecule has 0 spiro atoms. The minimum absolute atomic E-state index is 0.329. The Hall–Kier alpha value is -4.04. The van der Waals surface area contributed by atoms with Crippen molar-refractivity contribution in [3.8, 4) is 17.2 Å². The Bertz CT molecular complexity index is 1150. The summed E-state index contributed by atoms with van der Waals surface area (Å²) in [4.78, 5) is 24.1. The Labute approximate surface area is 196 Å². The van der Waals surface area contributed by atoms with E-state index in [1.807, 2.05) is 18.2 Å². The summed E-state index contributed by atoms with van der Waals surface area (Å²) in [7, 11) is 2.96. The zero-order valence-corrected chi connectivity index (χ0v) is 18.8. The van der Waals surface area contributed by atoms with Crippen LogP contribution in [-0.4, -0.2) is 32.2 Å². The standard InChI is InChI=1S/C24H22ClN3O5/c1-31-20-10-11-21(22(13-20)32-2)27-23(29)24(30)28-26-14-16-6-8-19(9-7-16)33-15-17-4-3-5-18(25)12-17/h3-14H,15H2,1-2H3,(H,27,29)(H,28,30)/b26-14+. The summed E-state index contributed by atoms with van der Waals surface area (Å²) in [6.07, 6.45) is 1.42. The predicted molar refractivity (Wildman–Crippen MR) is 126 cm³/mol. The van der Waals surface area contributed by atoms with Crippen molar-refractivity contribution in [1.82, 2.24) is 5.43 Å². The van der Waals surface area contributed by atoms with Gasteiger partial charge in [-0.2, -0.15) is 5.10 Å². The van der Waals surface area contributed by atoms with Crippen LogP contribution in [0.5, 0.6) is 17.2 Å². The average Bonchev–Trinajstić information content (AvgIpc) is 2.83. The van der Waals surface area contributed by atoms with E-state index in [-0.39, 0.29) is 0 Å². The largest absolute Gasteiger partial charge is 0.497 e. The molecule has 0 atom stereocenters. The summed E-state index contributed by atoms with van der Waals surface area (Å²) < 4.78 is 16.0. The number of benzene rings is 3. The number of hydrogen-bond donors (Lipinski definition) is 2. The van der Waals surface area contributed by atoms with Crippen molar-refractivity contribution in [2.45, 2.75) is 6.61 Å². The molecule has 0 unspecified atom stereocenters. The number of hydrazone groups is 1. The van der Waals surface area contributed by atoms with Crippen LogP contribution in [0.25, 0.3) is 0 Å². The van der Waals surface area contributed by atoms with Gasteiger partial charge in [0.05, 0.1) is 26.1 Å². The summed E-state index contributed by atoms with van der Waals surface area (Å²) in [5.74, 6) is -0.230. The van der Waals surface area contributed by atoms with Gasteiger partial charge in [-0.1, -0.05) is 23.7 Å². The van der Waals surface area contributed by atoms with Crippen molar-refractivity contribution in [2.24, 2.45) is 5.10 Å². The van der Waals surface area contributed by atoms with Gasteiger partial charge in [0.1, 0.15) is 23.9 Å². The molecule has 0 saturated heterocycles. The Morgan fingerprint density at radius 2 is 1.70 bits per heavy atom. The van der Waals surface area contributed by atoms with Crippen LogP contribution in [0.4, 0.5) is 5.69 Å². The summed E-state index contributed by atoms with van der Waals surface area (Å²) in [6, 6.07) is 19.3. The monoisotopic (exact) mass is 467 g/mol. The lowest BCUT2D eigenvalue weighted by Gasteiger charge is -2.10. The number of hydrogen-bond acceptors (Lipinski definition) is 6. The molecule has 0 bridgehead atoms. The molecule has 0 aliphatic heterocycles. The van der Waals surface area contributed by atoms with Gasteiger partial charge in [0, 0.05) is 11.1 Å². The van der Waals surface area contributed by atoms with E-state index in [4.69, 9.17) is 25.8 Å². The number of ether oxygens (including phenoxy) is 3. The maximum absolute atomic E-state index is 12.1. The minimum atomic E-state index is -0.925. The summed E-state index contributed by atoms with van der Waals surface area (Å²) in [5, 5.41) is 6.94. The van der Waals surface area contributed by atoms with Gasteiger partial charge < -0.3 is 19.5 Å². The van der Waals surface area contributed by atoms with Crippen molar-refractivity contribution in [2.75, 3.05) is 19.5 Å². The first-order chi connectivity index (χ1) is 16.0. The van der Waals surface area contributed by atoms with E-state index < -0.39 is 11.8 Å². The molecule has 3 rings (SSSR count). The third-order valence-electron chi connectivity index (χ3n) is 4.42. The second-order valence-corrected chi connectivity index (χ2v) is 7.14. The molecule has 3 aromatic rings. The minimum Gasteiger partial charge on any atom is -0.497 e. The van der Waals surface area contributed by atoms with Gasteiger partial charge in [0.2, 0.25) is 0 Å². The quantitative estimate of drug-likeness (QED) is 0.296. The topological polar surface area (TPSA) is 98.2 Å². The summed E-state index contributed by atoms with van der Waals surface area (Å²) in [5.41, 5.74) is 4.19. The van der Waals surface area contributed by atoms with Gasteiger partial charge in [-0.05, 0) is 59.7 Å². The highest BCUT2D eigenvalue weighted by atomic mass is 35.5. The molecule has 9 heteroatoms. The fourth-order valence-electron chi connectivity index (χ4n) is 2.74. The van der Waals surface area contributed by atoms with E-state index in [0.717, 1.165) is 5.56 Å². The zero-order chi connectivity index (χ0) is 23.6. The summed E-state index contributed by atoms with van der Waals surface area (Å²) >= 11 is 5.97. The van der Waals surface area contributed by atoms with Gasteiger partial charge in [-0.15, -0.1) is 0 Å². The molecule has 2 amide bonds. The van der Waals surface area contributed by atoms with Gasteiger partial charge >= 0.3 is 11.8 Å². The van der Waals surface area contributed by atoms with Crippen molar-refractivity contribution in [1.29, 1.82) is 0 Å². The maximum Gasteiger partial charge on any atom is 0.329 e. The number of nitrogens with zero attached hydrogens (tertiary/aromatic N) is 1. The van der Waals surface area contributed by atoms with Crippen LogP contribution < -0.4 is 25.0 Å². The predicted octanol–water partition coefficient (Wildman–Crippen LogP) is 4.03. The first kappa shape index (κ1) is 23.6. The van der Waals surface area contributed by atoms with E-state index in [2.05, 4.69) is 15.8 Å². The second kappa shape index (κ2) is 11.5. The highest BCUT2D eigenvalue weighted by Gasteiger charge is 2.15. The number of carbonyl (C=O) groups is 2. The molecule has 0 fully saturated rings. The fraction of sp³-hybridized carbons (Fsp3) is 0.125. The van der Waals surface area contributed by atoms with Gasteiger partial charge in [-0.25, -0.2) is 5.43 Å². The molecule has 3 aromatic carbocycles. The molecule has 8 nitrogen and oxygen atoms in total. The van der Waals surface area contributed by atoms with E-state index in [0.29, 0.717) is 40.1 Å². The highest BCUT2D eigenvalue weighted by Crippen LogP contribution is 2.28. The van der Waals surface area contributed by atoms with E-state index >= 15 is 0 Å². The number of nitrogens with one attached hydrogen (secondary N) is 2. The number of amides is 2. The van der Waals surface area contributed by atoms with Crippen LogP contribution in [0, 0.1) is 0 Å². The van der Waals surface area contributed by atoms with Crippen LogP contribution >= 0.6 is 11.6 Å². The summed E-state index contributed by atoms with van der Waals surface area (Å²) in [6.45, 7) is 0.387. The lowest BCUT2D eigenvalue weighted by atomic mass is 10.2. The molecule has 170 valence electrons. The Morgan fingerprint density at radius 3 is 2.39 bits per heavy atom. The molecular weight excluding hydrogens is 446 g/mol. The number of halogens is 1. The smallest absolute Gasteiger partial charge is 0.329 e. The number of carbonyl (C=O) groups excluding carboxylic acids is 2. The van der Waals surface area contributed by atoms with Crippen LogP contribution in [0.15, 0.2) is 71.8 Å². The molecule has 0 aliphatic carbocycles. The average molecular weight is 468 g/mol. The van der Waals surface area contributed by atoms with Crippen molar-refractivity contribution >= 4 is 35.3 Å². The molecule has 0 heterocycles. The van der Waals surface area contributed by atoms with Gasteiger partial charge in [0.25, 0.3) is 0 Å². The van der Waals surface area contributed by atoms with Gasteiger partial charge in [-0.3, -0.25) is 9.59 Å². The molecule has 2 N–H and O–H groups in total. The fourth-order valence-corrected chi connectivity index (χ4v) is 2.95. The van der Waals surface area contributed by atoms with Crippen LogP contribution in [0.2, 0.25) is 5.02 Å². The molecule has 33 heavy (non-hydrogen) atoms. The lowest BCUT2D eigenvalue weighted by molar-refractivity contribution is -0.136. The van der Waals surface area contributed by atoms with Crippen molar-refractivity contribution in [3.05, 3.63) is 82.9 Å². The SMILES string of the molecule is COc1ccc(NC(=O)C(=O)N/N=C/c2ccc(OCc3cccc(Cl)c3)cc2)c(OC)c1. The first-order valence-electron chi connectivity index (χ1n) is 9.82. The van der Waals surface area contributed by atoms with E-state index in [9.17, 15) is 9.59 Å². The Balaban J connectivity index is 1.50. The number of methoxy groups -OCH3 is 2. The van der Waals surface area contributed by atoms with Crippen LogP contribution in [-0.2, 0) is 16.2 Å².